The third-order valence-electron chi connectivity index (χ3n) is 4.57. The zero-order valence-electron chi connectivity index (χ0n) is 14.2. The van der Waals surface area contributed by atoms with E-state index in [0.29, 0.717) is 0 Å². The highest BCUT2D eigenvalue weighted by atomic mass is 15.1. The summed E-state index contributed by atoms with van der Waals surface area (Å²) >= 11 is 0. The molecule has 0 fully saturated rings. The van der Waals surface area contributed by atoms with Crippen molar-refractivity contribution in [1.82, 2.24) is 4.98 Å². The summed E-state index contributed by atoms with van der Waals surface area (Å²) in [7, 11) is 4.11. The first kappa shape index (κ1) is 14.7. The lowest BCUT2D eigenvalue weighted by atomic mass is 9.99. The molecule has 0 saturated heterocycles. The SMILES string of the molecule is Cc1cc(-c2ccc(N(C)C)cc2)nc2ccc3ccccc3c12. The van der Waals surface area contributed by atoms with Crippen LogP contribution < -0.4 is 4.90 Å². The van der Waals surface area contributed by atoms with Crippen molar-refractivity contribution >= 4 is 27.4 Å². The van der Waals surface area contributed by atoms with Crippen LogP contribution in [0.15, 0.2) is 66.7 Å². The molecule has 0 aliphatic heterocycles. The molecule has 4 rings (SSSR count). The zero-order valence-corrected chi connectivity index (χ0v) is 14.2. The molecule has 2 nitrogen and oxygen atoms in total. The monoisotopic (exact) mass is 312 g/mol. The first-order valence-electron chi connectivity index (χ1n) is 8.20. The van der Waals surface area contributed by atoms with Gasteiger partial charge in [-0.05, 0) is 47.5 Å². The molecule has 1 aromatic heterocycles. The number of aromatic nitrogens is 1. The van der Waals surface area contributed by atoms with Gasteiger partial charge in [0, 0.05) is 30.7 Å². The molecule has 24 heavy (non-hydrogen) atoms. The Labute approximate surface area is 142 Å². The second kappa shape index (κ2) is 5.64. The standard InChI is InChI=1S/C22H20N2/c1-15-14-21(17-8-11-18(12-9-17)24(2)3)23-20-13-10-16-6-4-5-7-19(16)22(15)20/h4-14H,1-3H3. The van der Waals surface area contributed by atoms with Crippen LogP contribution >= 0.6 is 0 Å². The quantitative estimate of drug-likeness (QED) is 0.459. The molecule has 0 N–H and O–H groups in total. The van der Waals surface area contributed by atoms with E-state index in [2.05, 4.69) is 92.6 Å². The van der Waals surface area contributed by atoms with Gasteiger partial charge in [-0.3, -0.25) is 0 Å². The van der Waals surface area contributed by atoms with Crippen molar-refractivity contribution in [2.24, 2.45) is 0 Å². The molecule has 0 radical (unpaired) electrons. The number of hydrogen-bond donors (Lipinski definition) is 0. The van der Waals surface area contributed by atoms with Crippen LogP contribution in [0.1, 0.15) is 5.56 Å². The average molecular weight is 312 g/mol. The van der Waals surface area contributed by atoms with Crippen LogP contribution in [0, 0.1) is 6.92 Å². The molecule has 0 aliphatic carbocycles. The molecular formula is C22H20N2. The van der Waals surface area contributed by atoms with Crippen LogP contribution in [-0.4, -0.2) is 19.1 Å². The normalized spacial score (nSPS) is 11.1. The molecule has 4 aromatic rings. The molecule has 0 bridgehead atoms. The fourth-order valence-corrected chi connectivity index (χ4v) is 3.29. The molecule has 1 heterocycles. The van der Waals surface area contributed by atoms with Gasteiger partial charge in [0.15, 0.2) is 0 Å². The molecule has 0 atom stereocenters. The summed E-state index contributed by atoms with van der Waals surface area (Å²) in [5.41, 5.74) is 5.70. The minimum absolute atomic E-state index is 1.03. The van der Waals surface area contributed by atoms with Crippen LogP contribution in [0.4, 0.5) is 5.69 Å². The van der Waals surface area contributed by atoms with E-state index in [1.165, 1.54) is 27.4 Å². The van der Waals surface area contributed by atoms with Gasteiger partial charge in [-0.25, -0.2) is 4.98 Å². The largest absolute Gasteiger partial charge is 0.378 e. The lowest BCUT2D eigenvalue weighted by Gasteiger charge is -2.13. The Bertz CT molecular complexity index is 1030. The summed E-state index contributed by atoms with van der Waals surface area (Å²) in [4.78, 5) is 7.02. The van der Waals surface area contributed by atoms with Gasteiger partial charge < -0.3 is 4.90 Å². The Kier molecular flexibility index (Phi) is 3.46. The van der Waals surface area contributed by atoms with E-state index in [4.69, 9.17) is 4.98 Å². The van der Waals surface area contributed by atoms with Crippen molar-refractivity contribution in [2.45, 2.75) is 6.92 Å². The van der Waals surface area contributed by atoms with E-state index >= 15 is 0 Å². The van der Waals surface area contributed by atoms with Gasteiger partial charge in [-0.15, -0.1) is 0 Å². The summed E-state index contributed by atoms with van der Waals surface area (Å²) in [5.74, 6) is 0. The predicted octanol–water partition coefficient (Wildman–Crippen LogP) is 5.43. The Morgan fingerprint density at radius 1 is 0.833 bits per heavy atom. The second-order valence-electron chi connectivity index (χ2n) is 6.45. The van der Waals surface area contributed by atoms with Crippen LogP contribution in [0.25, 0.3) is 32.9 Å². The number of fused-ring (bicyclic) bond motifs is 3. The van der Waals surface area contributed by atoms with Crippen LogP contribution in [0.2, 0.25) is 0 Å². The van der Waals surface area contributed by atoms with Crippen molar-refractivity contribution in [2.75, 3.05) is 19.0 Å². The number of benzene rings is 3. The highest BCUT2D eigenvalue weighted by molar-refractivity contribution is 6.08. The number of aryl methyl sites for hydroxylation is 1. The molecule has 0 saturated carbocycles. The van der Waals surface area contributed by atoms with Crippen molar-refractivity contribution in [1.29, 1.82) is 0 Å². The lowest BCUT2D eigenvalue weighted by Crippen LogP contribution is -2.07. The van der Waals surface area contributed by atoms with Crippen molar-refractivity contribution < 1.29 is 0 Å². The van der Waals surface area contributed by atoms with Gasteiger partial charge in [-0.2, -0.15) is 0 Å². The molecule has 2 heteroatoms. The van der Waals surface area contributed by atoms with E-state index in [-0.39, 0.29) is 0 Å². The van der Waals surface area contributed by atoms with Gasteiger partial charge in [0.05, 0.1) is 11.2 Å². The van der Waals surface area contributed by atoms with E-state index in [1.54, 1.807) is 0 Å². The number of hydrogen-bond acceptors (Lipinski definition) is 2. The third kappa shape index (κ3) is 2.41. The van der Waals surface area contributed by atoms with Crippen molar-refractivity contribution in [3.8, 4) is 11.3 Å². The van der Waals surface area contributed by atoms with Gasteiger partial charge in [0.1, 0.15) is 0 Å². The van der Waals surface area contributed by atoms with Crippen molar-refractivity contribution in [3.63, 3.8) is 0 Å². The Morgan fingerprint density at radius 2 is 1.58 bits per heavy atom. The minimum atomic E-state index is 1.03. The lowest BCUT2D eigenvalue weighted by molar-refractivity contribution is 1.13. The van der Waals surface area contributed by atoms with Gasteiger partial charge in [0.25, 0.3) is 0 Å². The minimum Gasteiger partial charge on any atom is -0.378 e. The Morgan fingerprint density at radius 3 is 2.33 bits per heavy atom. The molecule has 0 amide bonds. The molecule has 0 spiro atoms. The van der Waals surface area contributed by atoms with Crippen LogP contribution in [-0.2, 0) is 0 Å². The first-order chi connectivity index (χ1) is 11.6. The molecule has 3 aromatic carbocycles. The highest BCUT2D eigenvalue weighted by Crippen LogP contribution is 2.30. The van der Waals surface area contributed by atoms with E-state index in [1.807, 2.05) is 0 Å². The number of nitrogens with zero attached hydrogens (tertiary/aromatic N) is 2. The van der Waals surface area contributed by atoms with E-state index in [0.717, 1.165) is 16.8 Å². The van der Waals surface area contributed by atoms with Crippen LogP contribution in [0.5, 0.6) is 0 Å². The summed E-state index contributed by atoms with van der Waals surface area (Å²) < 4.78 is 0. The highest BCUT2D eigenvalue weighted by Gasteiger charge is 2.08. The predicted molar refractivity (Wildman–Crippen MR) is 104 cm³/mol. The van der Waals surface area contributed by atoms with Crippen LogP contribution in [0.3, 0.4) is 0 Å². The maximum absolute atomic E-state index is 4.92. The molecular weight excluding hydrogens is 292 g/mol. The Balaban J connectivity index is 1.90. The number of rotatable bonds is 2. The van der Waals surface area contributed by atoms with Gasteiger partial charge in [0.2, 0.25) is 0 Å². The third-order valence-corrected chi connectivity index (χ3v) is 4.57. The van der Waals surface area contributed by atoms with Gasteiger partial charge >= 0.3 is 0 Å². The maximum atomic E-state index is 4.92. The topological polar surface area (TPSA) is 16.1 Å². The molecule has 118 valence electrons. The zero-order chi connectivity index (χ0) is 16.7. The number of anilines is 1. The van der Waals surface area contributed by atoms with E-state index in [9.17, 15) is 0 Å². The summed E-state index contributed by atoms with van der Waals surface area (Å²) in [6.45, 7) is 2.17. The smallest absolute Gasteiger partial charge is 0.0718 e. The van der Waals surface area contributed by atoms with E-state index < -0.39 is 0 Å². The number of pyridine rings is 1. The fraction of sp³-hybridized carbons (Fsp3) is 0.136. The van der Waals surface area contributed by atoms with Gasteiger partial charge in [-0.1, -0.05) is 42.5 Å². The summed E-state index contributed by atoms with van der Waals surface area (Å²) in [6.07, 6.45) is 0. The first-order valence-corrected chi connectivity index (χ1v) is 8.20. The average Bonchev–Trinajstić information content (AvgIpc) is 2.61. The molecule has 0 unspecified atom stereocenters. The fourth-order valence-electron chi connectivity index (χ4n) is 3.29. The maximum Gasteiger partial charge on any atom is 0.0718 e. The summed E-state index contributed by atoms with van der Waals surface area (Å²) in [6, 6.07) is 23.5. The van der Waals surface area contributed by atoms with Crippen molar-refractivity contribution in [3.05, 3.63) is 72.3 Å². The summed E-state index contributed by atoms with van der Waals surface area (Å²) in [5, 5.41) is 3.79. The molecule has 0 aliphatic rings. The second-order valence-corrected chi connectivity index (χ2v) is 6.45. The Hall–Kier alpha value is -2.87.